The van der Waals surface area contributed by atoms with E-state index in [1.165, 1.54) is 218 Å². The third-order valence-corrected chi connectivity index (χ3v) is 15.5. The summed E-state index contributed by atoms with van der Waals surface area (Å²) in [6, 6.07) is 0. The van der Waals surface area contributed by atoms with Crippen LogP contribution in [-0.2, 0) is 28.6 Å². The maximum atomic E-state index is 12.9. The molecule has 460 valence electrons. The number of rotatable bonds is 64. The molecule has 0 aliphatic heterocycles. The summed E-state index contributed by atoms with van der Waals surface area (Å²) in [5, 5.41) is 0. The molecule has 6 nitrogen and oxygen atoms in total. The fourth-order valence-corrected chi connectivity index (χ4v) is 10.4. The minimum absolute atomic E-state index is 0.0777. The summed E-state index contributed by atoms with van der Waals surface area (Å²) in [7, 11) is 0. The Kier molecular flexibility index (Phi) is 65.1. The van der Waals surface area contributed by atoms with Crippen LogP contribution >= 0.6 is 0 Å². The zero-order valence-electron chi connectivity index (χ0n) is 52.9. The second kappa shape index (κ2) is 67.6. The molecule has 0 spiro atoms. The van der Waals surface area contributed by atoms with E-state index < -0.39 is 6.10 Å². The molecule has 0 radical (unpaired) electrons. The SMILES string of the molecule is CC/C=C\C/C=C\C/C=C\C/C=C\C/C=C\CCCCCCCC(=O)OC(COC(=O)CCCCCCCCCCCCC)COC(=O)CCCCCCCCCCCCCCCCCCCCCCCCCCCCCCC. The van der Waals surface area contributed by atoms with Crippen LogP contribution in [0.3, 0.4) is 0 Å². The van der Waals surface area contributed by atoms with Gasteiger partial charge in [0, 0.05) is 19.3 Å². The van der Waals surface area contributed by atoms with Crippen LogP contribution in [0.15, 0.2) is 60.8 Å². The average molecular weight is 1110 g/mol. The van der Waals surface area contributed by atoms with Crippen molar-refractivity contribution in [1.82, 2.24) is 0 Å². The Morgan fingerprint density at radius 1 is 0.266 bits per heavy atom. The second-order valence-corrected chi connectivity index (χ2v) is 23.4. The first-order chi connectivity index (χ1) is 39.0. The topological polar surface area (TPSA) is 78.9 Å². The number of hydrogen-bond donors (Lipinski definition) is 0. The van der Waals surface area contributed by atoms with Crippen LogP contribution in [0.25, 0.3) is 0 Å². The fourth-order valence-electron chi connectivity index (χ4n) is 10.4. The van der Waals surface area contributed by atoms with Crippen LogP contribution in [0, 0.1) is 0 Å². The van der Waals surface area contributed by atoms with Crippen LogP contribution < -0.4 is 0 Å². The highest BCUT2D eigenvalue weighted by Crippen LogP contribution is 2.18. The molecule has 0 aliphatic carbocycles. The summed E-state index contributed by atoms with van der Waals surface area (Å²) in [6.07, 6.45) is 86.9. The van der Waals surface area contributed by atoms with E-state index in [0.29, 0.717) is 19.3 Å². The van der Waals surface area contributed by atoms with E-state index >= 15 is 0 Å². The highest BCUT2D eigenvalue weighted by molar-refractivity contribution is 5.71. The monoisotopic (exact) mass is 1110 g/mol. The Labute approximate surface area is 491 Å². The van der Waals surface area contributed by atoms with E-state index in [2.05, 4.69) is 81.5 Å². The van der Waals surface area contributed by atoms with E-state index in [1.807, 2.05) is 0 Å². The normalized spacial score (nSPS) is 12.4. The Bertz CT molecular complexity index is 1410. The molecule has 1 unspecified atom stereocenters. The predicted molar refractivity (Wildman–Crippen MR) is 344 cm³/mol. The molecule has 0 heterocycles. The molecular weight excluding hydrogens is 973 g/mol. The Hall–Kier alpha value is -2.89. The maximum absolute atomic E-state index is 12.9. The minimum atomic E-state index is -0.783. The van der Waals surface area contributed by atoms with Crippen LogP contribution in [-0.4, -0.2) is 37.2 Å². The number of unbranched alkanes of at least 4 members (excludes halogenated alkanes) is 43. The molecule has 0 rings (SSSR count). The Morgan fingerprint density at radius 3 is 0.772 bits per heavy atom. The van der Waals surface area contributed by atoms with Gasteiger partial charge >= 0.3 is 17.9 Å². The largest absolute Gasteiger partial charge is 0.462 e. The van der Waals surface area contributed by atoms with Crippen molar-refractivity contribution in [1.29, 1.82) is 0 Å². The first kappa shape index (κ1) is 76.1. The lowest BCUT2D eigenvalue weighted by Crippen LogP contribution is -2.30. The van der Waals surface area contributed by atoms with Crippen LogP contribution in [0.4, 0.5) is 0 Å². The number of allylic oxidation sites excluding steroid dienone is 10. The zero-order valence-corrected chi connectivity index (χ0v) is 52.9. The van der Waals surface area contributed by atoms with Crippen molar-refractivity contribution in [3.8, 4) is 0 Å². The smallest absolute Gasteiger partial charge is 0.306 e. The van der Waals surface area contributed by atoms with Gasteiger partial charge in [0.25, 0.3) is 0 Å². The Balaban J connectivity index is 4.18. The van der Waals surface area contributed by atoms with Gasteiger partial charge in [0.05, 0.1) is 0 Å². The van der Waals surface area contributed by atoms with Crippen molar-refractivity contribution in [2.45, 2.75) is 374 Å². The lowest BCUT2D eigenvalue weighted by Gasteiger charge is -2.18. The van der Waals surface area contributed by atoms with Gasteiger partial charge in [0.1, 0.15) is 13.2 Å². The van der Waals surface area contributed by atoms with Crippen LogP contribution in [0.2, 0.25) is 0 Å². The molecule has 0 amide bonds. The second-order valence-electron chi connectivity index (χ2n) is 23.4. The van der Waals surface area contributed by atoms with E-state index in [4.69, 9.17) is 14.2 Å². The molecule has 79 heavy (non-hydrogen) atoms. The van der Waals surface area contributed by atoms with Crippen molar-refractivity contribution in [3.05, 3.63) is 60.8 Å². The van der Waals surface area contributed by atoms with Gasteiger partial charge in [0.15, 0.2) is 6.10 Å². The van der Waals surface area contributed by atoms with E-state index in [9.17, 15) is 14.4 Å². The first-order valence-electron chi connectivity index (χ1n) is 34.8. The number of esters is 3. The number of carbonyl (C=O) groups is 3. The summed E-state index contributed by atoms with van der Waals surface area (Å²) in [5.74, 6) is -0.876. The van der Waals surface area contributed by atoms with Crippen molar-refractivity contribution < 1.29 is 28.6 Å². The van der Waals surface area contributed by atoms with Gasteiger partial charge in [-0.2, -0.15) is 0 Å². The van der Waals surface area contributed by atoms with Gasteiger partial charge < -0.3 is 14.2 Å². The summed E-state index contributed by atoms with van der Waals surface area (Å²) in [6.45, 7) is 6.56. The minimum Gasteiger partial charge on any atom is -0.462 e. The fraction of sp³-hybridized carbons (Fsp3) is 0.822. The molecule has 0 N–H and O–H groups in total. The predicted octanol–water partition coefficient (Wildman–Crippen LogP) is 23.9. The standard InChI is InChI=1S/C73H132O6/c1-4-7-10-13-16-19-22-24-26-28-30-32-33-34-35-36-37-38-39-41-42-44-46-48-51-54-57-60-63-66-72(75)78-69-70(68-77-71(74)65-62-59-56-53-50-21-18-15-12-9-6-3)79-73(76)67-64-61-58-55-52-49-47-45-43-40-31-29-27-25-23-20-17-14-11-8-5-2/h8,11,17,20,25,27,31,40,45,47,70H,4-7,9-10,12-16,18-19,21-24,26,28-30,32-39,41-44,46,48-69H2,1-3H3/b11-8-,20-17-,27-25-,40-31-,47-45-. The maximum Gasteiger partial charge on any atom is 0.306 e. The van der Waals surface area contributed by atoms with E-state index in [-0.39, 0.29) is 31.1 Å². The van der Waals surface area contributed by atoms with Gasteiger partial charge in [-0.15, -0.1) is 0 Å². The van der Waals surface area contributed by atoms with Crippen molar-refractivity contribution in [2.24, 2.45) is 0 Å². The van der Waals surface area contributed by atoms with Crippen molar-refractivity contribution >= 4 is 17.9 Å². The Morgan fingerprint density at radius 2 is 0.494 bits per heavy atom. The molecule has 0 aromatic rings. The number of ether oxygens (including phenoxy) is 3. The molecule has 0 bridgehead atoms. The van der Waals surface area contributed by atoms with Crippen LogP contribution in [0.1, 0.15) is 367 Å². The third-order valence-electron chi connectivity index (χ3n) is 15.5. The molecular formula is C73H132O6. The van der Waals surface area contributed by atoms with Crippen molar-refractivity contribution in [3.63, 3.8) is 0 Å². The molecule has 6 heteroatoms. The summed E-state index contributed by atoms with van der Waals surface area (Å²) < 4.78 is 16.9. The van der Waals surface area contributed by atoms with Crippen molar-refractivity contribution in [2.75, 3.05) is 13.2 Å². The number of carbonyl (C=O) groups excluding carboxylic acids is 3. The number of hydrogen-bond acceptors (Lipinski definition) is 6. The quantitative estimate of drug-likeness (QED) is 0.0261. The molecule has 0 saturated carbocycles. The van der Waals surface area contributed by atoms with Gasteiger partial charge in [-0.25, -0.2) is 0 Å². The lowest BCUT2D eigenvalue weighted by atomic mass is 10.0. The first-order valence-corrected chi connectivity index (χ1v) is 34.8. The third kappa shape index (κ3) is 65.8. The van der Waals surface area contributed by atoms with Gasteiger partial charge in [0.2, 0.25) is 0 Å². The summed E-state index contributed by atoms with van der Waals surface area (Å²) in [4.78, 5) is 38.3. The molecule has 0 aliphatic rings. The molecule has 0 aromatic carbocycles. The molecule has 1 atom stereocenters. The molecule has 0 saturated heterocycles. The van der Waals surface area contributed by atoms with Gasteiger partial charge in [-0.05, 0) is 64.2 Å². The lowest BCUT2D eigenvalue weighted by molar-refractivity contribution is -0.167. The molecule has 0 aromatic heterocycles. The summed E-state index contributed by atoms with van der Waals surface area (Å²) >= 11 is 0. The van der Waals surface area contributed by atoms with E-state index in [1.54, 1.807) is 0 Å². The zero-order chi connectivity index (χ0) is 57.1. The van der Waals surface area contributed by atoms with Gasteiger partial charge in [-0.1, -0.05) is 345 Å². The summed E-state index contributed by atoms with van der Waals surface area (Å²) in [5.41, 5.74) is 0. The highest BCUT2D eigenvalue weighted by atomic mass is 16.6. The van der Waals surface area contributed by atoms with E-state index in [0.717, 1.165) is 109 Å². The highest BCUT2D eigenvalue weighted by Gasteiger charge is 2.19. The molecule has 0 fully saturated rings. The van der Waals surface area contributed by atoms with Crippen LogP contribution in [0.5, 0.6) is 0 Å². The average Bonchev–Trinajstić information content (AvgIpc) is 3.45. The van der Waals surface area contributed by atoms with Gasteiger partial charge in [-0.3, -0.25) is 14.4 Å².